The molecule has 0 aromatic carbocycles. The van der Waals surface area contributed by atoms with Crippen molar-refractivity contribution in [2.75, 3.05) is 0 Å². The lowest BCUT2D eigenvalue weighted by molar-refractivity contribution is 0.0420. The van der Waals surface area contributed by atoms with Gasteiger partial charge in [-0.1, -0.05) is 41.0 Å². The maximum Gasteiger partial charge on any atom is 0.0777 e. The zero-order valence-electron chi connectivity index (χ0n) is 14.1. The van der Waals surface area contributed by atoms with Gasteiger partial charge >= 0.3 is 0 Å². The summed E-state index contributed by atoms with van der Waals surface area (Å²) in [6.07, 6.45) is 5.45. The molecule has 0 aromatic heterocycles. The van der Waals surface area contributed by atoms with Crippen LogP contribution in [-0.2, 0) is 0 Å². The van der Waals surface area contributed by atoms with Gasteiger partial charge < -0.3 is 10.8 Å². The van der Waals surface area contributed by atoms with Crippen molar-refractivity contribution in [2.45, 2.75) is 79.1 Å². The molecular formula is C15H33BN2O. The topological polar surface area (TPSA) is 58.6 Å². The van der Waals surface area contributed by atoms with Crippen LogP contribution < -0.4 is 5.73 Å². The third-order valence-electron chi connectivity index (χ3n) is 2.50. The van der Waals surface area contributed by atoms with Gasteiger partial charge in [0.15, 0.2) is 0 Å². The molecule has 0 fully saturated rings. The highest BCUT2D eigenvalue weighted by Crippen LogP contribution is 2.32. The second-order valence-corrected chi connectivity index (χ2v) is 5.14. The Morgan fingerprint density at radius 2 is 1.63 bits per heavy atom. The molecule has 0 bridgehead atoms. The van der Waals surface area contributed by atoms with Crippen LogP contribution in [-0.4, -0.2) is 24.8 Å². The van der Waals surface area contributed by atoms with Gasteiger partial charge in [-0.2, -0.15) is 0 Å². The lowest BCUT2D eigenvalue weighted by atomic mass is 9.62. The van der Waals surface area contributed by atoms with Crippen LogP contribution in [0.1, 0.15) is 68.2 Å². The third kappa shape index (κ3) is 17.2. The SMILES string of the molecule is CC.CC=N/C=C(/N)CCC.[B]C(C)(C)C(C)(C)O. The second kappa shape index (κ2) is 12.3. The molecule has 3 nitrogen and oxygen atoms in total. The predicted molar refractivity (Wildman–Crippen MR) is 88.8 cm³/mol. The van der Waals surface area contributed by atoms with E-state index in [0.29, 0.717) is 0 Å². The number of nitrogens with zero attached hydrogens (tertiary/aromatic N) is 1. The molecule has 0 unspecified atom stereocenters. The first-order valence-corrected chi connectivity index (χ1v) is 6.99. The molecular weight excluding hydrogens is 235 g/mol. The standard InChI is InChI=1S/C7H14N2.C6H13BO.C2H6/c1-3-5-7(8)6-9-4-2;1-5(2,7)6(3,4)8;1-2/h4,6H,3,5,8H2,1-2H3;8H,1-4H3;1-2H3/b7-6+,9-4?;;. The second-order valence-electron chi connectivity index (χ2n) is 5.14. The van der Waals surface area contributed by atoms with Crippen LogP contribution in [0.2, 0.25) is 5.31 Å². The molecule has 2 radical (unpaired) electrons. The zero-order chi connectivity index (χ0) is 16.1. The minimum Gasteiger partial charge on any atom is -0.401 e. The summed E-state index contributed by atoms with van der Waals surface area (Å²) in [5.41, 5.74) is 5.59. The molecule has 3 N–H and O–H groups in total. The first-order chi connectivity index (χ1) is 8.56. The van der Waals surface area contributed by atoms with Gasteiger partial charge in [0.1, 0.15) is 0 Å². The van der Waals surface area contributed by atoms with E-state index in [-0.39, 0.29) is 0 Å². The van der Waals surface area contributed by atoms with E-state index in [9.17, 15) is 5.11 Å². The van der Waals surface area contributed by atoms with E-state index in [0.717, 1.165) is 18.5 Å². The fourth-order valence-corrected chi connectivity index (χ4v) is 0.523. The quantitative estimate of drug-likeness (QED) is 0.601. The van der Waals surface area contributed by atoms with Crippen molar-refractivity contribution < 1.29 is 5.11 Å². The summed E-state index contributed by atoms with van der Waals surface area (Å²) in [5.74, 6) is 0. The van der Waals surface area contributed by atoms with Crippen LogP contribution in [0.15, 0.2) is 16.9 Å². The van der Waals surface area contributed by atoms with Crippen molar-refractivity contribution in [3.63, 3.8) is 0 Å². The van der Waals surface area contributed by atoms with Crippen LogP contribution >= 0.6 is 0 Å². The number of hydrogen-bond donors (Lipinski definition) is 2. The van der Waals surface area contributed by atoms with Crippen LogP contribution in [0, 0.1) is 0 Å². The number of aliphatic imine (C=N–C) groups is 1. The summed E-state index contributed by atoms with van der Waals surface area (Å²) in [6.45, 7) is 15.0. The van der Waals surface area contributed by atoms with Crippen molar-refractivity contribution in [1.82, 2.24) is 0 Å². The van der Waals surface area contributed by atoms with Crippen molar-refractivity contribution in [1.29, 1.82) is 0 Å². The summed E-state index contributed by atoms with van der Waals surface area (Å²) in [6, 6.07) is 0. The smallest absolute Gasteiger partial charge is 0.0777 e. The average molecular weight is 268 g/mol. The molecule has 0 saturated heterocycles. The minimum absolute atomic E-state index is 0.507. The van der Waals surface area contributed by atoms with Crippen LogP contribution in [0.3, 0.4) is 0 Å². The van der Waals surface area contributed by atoms with Gasteiger partial charge in [0.05, 0.1) is 13.4 Å². The first kappa shape index (κ1) is 23.3. The van der Waals surface area contributed by atoms with Gasteiger partial charge in [-0.05, 0) is 32.5 Å². The van der Waals surface area contributed by atoms with Crippen molar-refractivity contribution >= 4 is 14.1 Å². The van der Waals surface area contributed by atoms with Gasteiger partial charge in [0, 0.05) is 18.1 Å². The van der Waals surface area contributed by atoms with Gasteiger partial charge in [0.25, 0.3) is 0 Å². The molecule has 0 atom stereocenters. The first-order valence-electron chi connectivity index (χ1n) is 6.99. The Kier molecular flexibility index (Phi) is 15.1. The minimum atomic E-state index is -0.785. The summed E-state index contributed by atoms with van der Waals surface area (Å²) in [5, 5.41) is 8.72. The molecule has 0 aromatic rings. The fraction of sp³-hybridized carbons (Fsp3) is 0.800. The summed E-state index contributed by atoms with van der Waals surface area (Å²) >= 11 is 0. The summed E-state index contributed by atoms with van der Waals surface area (Å²) < 4.78 is 0. The van der Waals surface area contributed by atoms with Crippen LogP contribution in [0.5, 0.6) is 0 Å². The summed E-state index contributed by atoms with van der Waals surface area (Å²) in [4.78, 5) is 3.88. The van der Waals surface area contributed by atoms with E-state index in [1.807, 2.05) is 20.8 Å². The van der Waals surface area contributed by atoms with Crippen molar-refractivity contribution in [3.05, 3.63) is 11.9 Å². The number of rotatable bonds is 4. The van der Waals surface area contributed by atoms with E-state index in [1.54, 1.807) is 40.1 Å². The molecule has 0 rings (SSSR count). The number of allylic oxidation sites excluding steroid dienone is 1. The molecule has 19 heavy (non-hydrogen) atoms. The normalized spacial score (nSPS) is 12.4. The van der Waals surface area contributed by atoms with Crippen LogP contribution in [0.25, 0.3) is 0 Å². The Bertz CT molecular complexity index is 236. The Balaban J connectivity index is -0.000000239. The largest absolute Gasteiger partial charge is 0.401 e. The lowest BCUT2D eigenvalue weighted by Crippen LogP contribution is -2.33. The Labute approximate surface area is 121 Å². The maximum atomic E-state index is 9.23. The molecule has 4 heteroatoms. The van der Waals surface area contributed by atoms with E-state index in [1.165, 1.54) is 0 Å². The van der Waals surface area contributed by atoms with Gasteiger partial charge in [0.2, 0.25) is 0 Å². The van der Waals surface area contributed by atoms with E-state index in [4.69, 9.17) is 13.6 Å². The van der Waals surface area contributed by atoms with Gasteiger partial charge in [-0.3, -0.25) is 4.99 Å². The lowest BCUT2D eigenvalue weighted by Gasteiger charge is -2.33. The highest BCUT2D eigenvalue weighted by Gasteiger charge is 2.28. The van der Waals surface area contributed by atoms with E-state index in [2.05, 4.69) is 11.9 Å². The average Bonchev–Trinajstić information content (AvgIpc) is 2.27. The van der Waals surface area contributed by atoms with Crippen molar-refractivity contribution in [3.8, 4) is 0 Å². The molecule has 0 spiro atoms. The Morgan fingerprint density at radius 3 is 1.84 bits per heavy atom. The molecule has 112 valence electrons. The number of hydrogen-bond acceptors (Lipinski definition) is 3. The zero-order valence-corrected chi connectivity index (χ0v) is 14.1. The van der Waals surface area contributed by atoms with E-state index >= 15 is 0 Å². The highest BCUT2D eigenvalue weighted by molar-refractivity contribution is 6.15. The molecule has 0 heterocycles. The monoisotopic (exact) mass is 268 g/mol. The summed E-state index contributed by atoms with van der Waals surface area (Å²) in [7, 11) is 5.56. The molecule has 0 aliphatic heterocycles. The van der Waals surface area contributed by atoms with Crippen LogP contribution in [0.4, 0.5) is 0 Å². The Hall–Kier alpha value is -0.765. The molecule has 0 amide bonds. The van der Waals surface area contributed by atoms with E-state index < -0.39 is 10.9 Å². The third-order valence-corrected chi connectivity index (χ3v) is 2.50. The number of aliphatic hydroxyl groups is 1. The maximum absolute atomic E-state index is 9.23. The Morgan fingerprint density at radius 1 is 1.26 bits per heavy atom. The van der Waals surface area contributed by atoms with Gasteiger partial charge in [-0.25, -0.2) is 0 Å². The number of nitrogens with two attached hydrogens (primary N) is 1. The van der Waals surface area contributed by atoms with Gasteiger partial charge in [-0.15, -0.1) is 0 Å². The molecule has 0 saturated carbocycles. The predicted octanol–water partition coefficient (Wildman–Crippen LogP) is 3.83. The van der Waals surface area contributed by atoms with Crippen molar-refractivity contribution in [2.24, 2.45) is 10.7 Å². The molecule has 0 aliphatic carbocycles. The fourth-order valence-electron chi connectivity index (χ4n) is 0.523. The molecule has 0 aliphatic rings. The highest BCUT2D eigenvalue weighted by atomic mass is 16.3.